The summed E-state index contributed by atoms with van der Waals surface area (Å²) in [7, 11) is 0. The SMILES string of the molecule is Cc1c(NC(=O)COC(=O)Cn2[nH]c(=O)c3ccccc3c2=O)cccc1[N+](=O)[O-]. The van der Waals surface area contributed by atoms with Crippen molar-refractivity contribution in [3.63, 3.8) is 0 Å². The number of nitro groups is 1. The fourth-order valence-electron chi connectivity index (χ4n) is 2.82. The molecule has 0 aliphatic rings. The second-order valence-corrected chi connectivity index (χ2v) is 6.29. The van der Waals surface area contributed by atoms with Crippen molar-refractivity contribution in [2.75, 3.05) is 11.9 Å². The number of nitrogens with one attached hydrogen (secondary N) is 2. The first-order valence-corrected chi connectivity index (χ1v) is 8.69. The molecule has 0 atom stereocenters. The number of ether oxygens (including phenoxy) is 1. The van der Waals surface area contributed by atoms with E-state index in [1.54, 1.807) is 12.1 Å². The van der Waals surface area contributed by atoms with Crippen LogP contribution in [0.1, 0.15) is 5.56 Å². The number of aromatic amines is 1. The molecule has 3 rings (SSSR count). The predicted molar refractivity (Wildman–Crippen MR) is 106 cm³/mol. The minimum Gasteiger partial charge on any atom is -0.454 e. The minimum absolute atomic E-state index is 0.146. The van der Waals surface area contributed by atoms with Crippen LogP contribution in [0.3, 0.4) is 0 Å². The number of H-pyrrole nitrogens is 1. The molecule has 154 valence electrons. The predicted octanol–water partition coefficient (Wildman–Crippen LogP) is 1.09. The van der Waals surface area contributed by atoms with Gasteiger partial charge in [-0.05, 0) is 25.1 Å². The number of rotatable bonds is 6. The smallest absolute Gasteiger partial charge is 0.328 e. The van der Waals surface area contributed by atoms with Crippen LogP contribution in [0.5, 0.6) is 0 Å². The molecule has 0 saturated carbocycles. The average Bonchev–Trinajstić information content (AvgIpc) is 2.71. The molecule has 2 N–H and O–H groups in total. The number of hydrogen-bond acceptors (Lipinski definition) is 7. The van der Waals surface area contributed by atoms with E-state index in [4.69, 9.17) is 4.74 Å². The summed E-state index contributed by atoms with van der Waals surface area (Å²) in [5.41, 5.74) is -0.831. The van der Waals surface area contributed by atoms with Gasteiger partial charge in [-0.3, -0.25) is 34.4 Å². The van der Waals surface area contributed by atoms with Crippen molar-refractivity contribution in [1.82, 2.24) is 9.78 Å². The number of fused-ring (bicyclic) bond motifs is 1. The van der Waals surface area contributed by atoms with E-state index >= 15 is 0 Å². The van der Waals surface area contributed by atoms with E-state index in [0.29, 0.717) is 0 Å². The number of nitro benzene ring substituents is 1. The van der Waals surface area contributed by atoms with Crippen molar-refractivity contribution < 1.29 is 19.2 Å². The van der Waals surface area contributed by atoms with Gasteiger partial charge in [-0.25, -0.2) is 4.68 Å². The van der Waals surface area contributed by atoms with E-state index in [1.165, 1.54) is 37.3 Å². The van der Waals surface area contributed by atoms with Crippen molar-refractivity contribution in [2.24, 2.45) is 0 Å². The summed E-state index contributed by atoms with van der Waals surface area (Å²) in [4.78, 5) is 58.8. The van der Waals surface area contributed by atoms with E-state index in [1.807, 2.05) is 0 Å². The van der Waals surface area contributed by atoms with Gasteiger partial charge in [0.15, 0.2) is 6.61 Å². The molecule has 1 heterocycles. The fourth-order valence-corrected chi connectivity index (χ4v) is 2.82. The summed E-state index contributed by atoms with van der Waals surface area (Å²) in [5.74, 6) is -1.64. The molecule has 0 saturated heterocycles. The lowest BCUT2D eigenvalue weighted by molar-refractivity contribution is -0.385. The molecule has 0 radical (unpaired) electrons. The van der Waals surface area contributed by atoms with Crippen LogP contribution in [0, 0.1) is 17.0 Å². The summed E-state index contributed by atoms with van der Waals surface area (Å²) < 4.78 is 5.64. The number of aromatic nitrogens is 2. The first-order valence-electron chi connectivity index (χ1n) is 8.69. The molecule has 0 unspecified atom stereocenters. The van der Waals surface area contributed by atoms with Crippen molar-refractivity contribution >= 4 is 34.0 Å². The number of anilines is 1. The summed E-state index contributed by atoms with van der Waals surface area (Å²) in [6.45, 7) is 0.206. The average molecular weight is 412 g/mol. The topological polar surface area (TPSA) is 153 Å². The van der Waals surface area contributed by atoms with Crippen LogP contribution in [0.15, 0.2) is 52.1 Å². The number of carbonyl (C=O) groups is 2. The van der Waals surface area contributed by atoms with Gasteiger partial charge in [0.1, 0.15) is 6.54 Å². The molecule has 3 aromatic rings. The molecule has 30 heavy (non-hydrogen) atoms. The maximum atomic E-state index is 12.4. The zero-order valence-electron chi connectivity index (χ0n) is 15.7. The number of hydrogen-bond donors (Lipinski definition) is 2. The lowest BCUT2D eigenvalue weighted by atomic mass is 10.1. The molecule has 0 fully saturated rings. The lowest BCUT2D eigenvalue weighted by Crippen LogP contribution is -2.33. The Labute approximate surface area is 168 Å². The van der Waals surface area contributed by atoms with Crippen molar-refractivity contribution in [2.45, 2.75) is 13.5 Å². The highest BCUT2D eigenvalue weighted by atomic mass is 16.6. The van der Waals surface area contributed by atoms with E-state index in [-0.39, 0.29) is 27.7 Å². The van der Waals surface area contributed by atoms with E-state index in [0.717, 1.165) is 4.68 Å². The zero-order valence-corrected chi connectivity index (χ0v) is 15.7. The van der Waals surface area contributed by atoms with Gasteiger partial charge in [0.2, 0.25) is 0 Å². The third-order valence-electron chi connectivity index (χ3n) is 4.31. The summed E-state index contributed by atoms with van der Waals surface area (Å²) in [6, 6.07) is 10.3. The van der Waals surface area contributed by atoms with Crippen LogP contribution >= 0.6 is 0 Å². The Morgan fingerprint density at radius 2 is 1.83 bits per heavy atom. The molecule has 11 heteroatoms. The highest BCUT2D eigenvalue weighted by Crippen LogP contribution is 2.24. The molecular weight excluding hydrogens is 396 g/mol. The first-order chi connectivity index (χ1) is 14.3. The van der Waals surface area contributed by atoms with Gasteiger partial charge < -0.3 is 10.1 Å². The summed E-state index contributed by atoms with van der Waals surface area (Å²) >= 11 is 0. The van der Waals surface area contributed by atoms with Crippen molar-refractivity contribution in [3.05, 3.63) is 78.8 Å². The van der Waals surface area contributed by atoms with E-state index < -0.39 is 41.1 Å². The third kappa shape index (κ3) is 4.24. The second kappa shape index (κ2) is 8.39. The summed E-state index contributed by atoms with van der Waals surface area (Å²) in [6.07, 6.45) is 0. The standard InChI is InChI=1S/C19H16N4O7/c1-11-14(7-4-8-15(11)23(28)29)20-16(24)10-30-17(25)9-22-19(27)13-6-3-2-5-12(13)18(26)21-22/h2-8H,9-10H2,1H3,(H,20,24)(H,21,26). The number of amides is 1. The number of carbonyl (C=O) groups excluding carboxylic acids is 2. The minimum atomic E-state index is -0.922. The van der Waals surface area contributed by atoms with Crippen LogP contribution in [-0.2, 0) is 20.9 Å². The van der Waals surface area contributed by atoms with Crippen LogP contribution in [0.2, 0.25) is 0 Å². The maximum absolute atomic E-state index is 12.4. The third-order valence-corrected chi connectivity index (χ3v) is 4.31. The van der Waals surface area contributed by atoms with Gasteiger partial charge in [0.05, 0.1) is 26.9 Å². The second-order valence-electron chi connectivity index (χ2n) is 6.29. The molecule has 1 aromatic heterocycles. The molecular formula is C19H16N4O7. The van der Waals surface area contributed by atoms with Gasteiger partial charge in [0.25, 0.3) is 22.7 Å². The van der Waals surface area contributed by atoms with Crippen LogP contribution < -0.4 is 16.4 Å². The molecule has 0 bridgehead atoms. The number of nitrogens with zero attached hydrogens (tertiary/aromatic N) is 2. The Bertz CT molecular complexity index is 1280. The molecule has 11 nitrogen and oxygen atoms in total. The molecule has 0 spiro atoms. The van der Waals surface area contributed by atoms with Crippen LogP contribution in [0.4, 0.5) is 11.4 Å². The molecule has 0 aliphatic carbocycles. The monoisotopic (exact) mass is 412 g/mol. The Balaban J connectivity index is 1.65. The Kier molecular flexibility index (Phi) is 5.72. The Morgan fingerprint density at radius 1 is 1.13 bits per heavy atom. The zero-order chi connectivity index (χ0) is 21.8. The Morgan fingerprint density at radius 3 is 2.53 bits per heavy atom. The van der Waals surface area contributed by atoms with Gasteiger partial charge in [-0.1, -0.05) is 18.2 Å². The highest BCUT2D eigenvalue weighted by Gasteiger charge is 2.16. The van der Waals surface area contributed by atoms with E-state index in [2.05, 4.69) is 10.4 Å². The quantitative estimate of drug-likeness (QED) is 0.349. The van der Waals surface area contributed by atoms with Gasteiger partial charge in [0, 0.05) is 6.07 Å². The fraction of sp³-hybridized carbons (Fsp3) is 0.158. The van der Waals surface area contributed by atoms with Gasteiger partial charge >= 0.3 is 5.97 Å². The van der Waals surface area contributed by atoms with Crippen molar-refractivity contribution in [1.29, 1.82) is 0 Å². The molecule has 1 amide bonds. The normalized spacial score (nSPS) is 10.6. The maximum Gasteiger partial charge on any atom is 0.328 e. The summed E-state index contributed by atoms with van der Waals surface area (Å²) in [5, 5.41) is 16.0. The molecule has 2 aromatic carbocycles. The van der Waals surface area contributed by atoms with Crippen molar-refractivity contribution in [3.8, 4) is 0 Å². The lowest BCUT2D eigenvalue weighted by Gasteiger charge is -2.10. The van der Waals surface area contributed by atoms with Crippen LogP contribution in [0.25, 0.3) is 10.8 Å². The largest absolute Gasteiger partial charge is 0.454 e. The van der Waals surface area contributed by atoms with E-state index in [9.17, 15) is 29.3 Å². The Hall–Kier alpha value is -4.28. The number of benzene rings is 2. The van der Waals surface area contributed by atoms with Gasteiger partial charge in [-0.15, -0.1) is 0 Å². The molecule has 0 aliphatic heterocycles. The number of esters is 1. The van der Waals surface area contributed by atoms with Crippen LogP contribution in [-0.4, -0.2) is 33.2 Å². The van der Waals surface area contributed by atoms with Gasteiger partial charge in [-0.2, -0.15) is 0 Å². The highest BCUT2D eigenvalue weighted by molar-refractivity contribution is 5.94. The first kappa shape index (κ1) is 20.5.